The predicted octanol–water partition coefficient (Wildman–Crippen LogP) is 3.15. The van der Waals surface area contributed by atoms with Gasteiger partial charge in [-0.3, -0.25) is 4.79 Å². The third-order valence-corrected chi connectivity index (χ3v) is 2.29. The molecule has 0 saturated carbocycles. The van der Waals surface area contributed by atoms with Crippen molar-refractivity contribution in [3.05, 3.63) is 0 Å². The van der Waals surface area contributed by atoms with E-state index in [9.17, 15) is 4.79 Å². The monoisotopic (exact) mass is 186 g/mol. The lowest BCUT2D eigenvalue weighted by Gasteiger charge is -2.14. The Labute approximate surface area is 81.7 Å². The number of carbonyl (C=O) groups excluding carboxylic acids is 1. The first-order valence-electron chi connectivity index (χ1n) is 5.32. The second-order valence-corrected chi connectivity index (χ2v) is 3.70. The minimum Gasteiger partial charge on any atom is -0.462 e. The summed E-state index contributed by atoms with van der Waals surface area (Å²) in [6.45, 7) is 8.03. The molecule has 0 aromatic carbocycles. The molecule has 0 aromatic rings. The number of esters is 1. The molecule has 0 spiro atoms. The van der Waals surface area contributed by atoms with E-state index < -0.39 is 0 Å². The van der Waals surface area contributed by atoms with Crippen LogP contribution in [0.2, 0.25) is 0 Å². The highest BCUT2D eigenvalue weighted by molar-refractivity contribution is 5.72. The molecule has 0 amide bonds. The van der Waals surface area contributed by atoms with Gasteiger partial charge in [0.05, 0.1) is 12.0 Å². The summed E-state index contributed by atoms with van der Waals surface area (Å²) in [5.41, 5.74) is 0. The zero-order valence-electron chi connectivity index (χ0n) is 9.30. The van der Waals surface area contributed by atoms with Gasteiger partial charge in [0, 0.05) is 0 Å². The van der Waals surface area contributed by atoms with Crippen LogP contribution in [-0.4, -0.2) is 12.1 Å². The maximum absolute atomic E-state index is 11.4. The predicted molar refractivity (Wildman–Crippen MR) is 54.5 cm³/mol. The Morgan fingerprint density at radius 3 is 2.38 bits per heavy atom. The van der Waals surface area contributed by atoms with Crippen LogP contribution in [0.3, 0.4) is 0 Å². The molecular formula is C11H22O2. The third kappa shape index (κ3) is 5.67. The summed E-state index contributed by atoms with van der Waals surface area (Å²) in [6.07, 6.45) is 4.16. The van der Waals surface area contributed by atoms with Crippen molar-refractivity contribution in [3.63, 3.8) is 0 Å². The maximum Gasteiger partial charge on any atom is 0.308 e. The van der Waals surface area contributed by atoms with Gasteiger partial charge in [0.2, 0.25) is 0 Å². The summed E-state index contributed by atoms with van der Waals surface area (Å²) in [4.78, 5) is 11.4. The van der Waals surface area contributed by atoms with Crippen molar-refractivity contribution in [1.29, 1.82) is 0 Å². The number of carbonyl (C=O) groups is 1. The molecule has 0 fully saturated rings. The van der Waals surface area contributed by atoms with Gasteiger partial charge in [0.1, 0.15) is 0 Å². The van der Waals surface area contributed by atoms with Gasteiger partial charge >= 0.3 is 5.97 Å². The molecular weight excluding hydrogens is 164 g/mol. The molecule has 0 aliphatic rings. The molecule has 0 aliphatic carbocycles. The van der Waals surface area contributed by atoms with Crippen molar-refractivity contribution < 1.29 is 9.53 Å². The van der Waals surface area contributed by atoms with Crippen molar-refractivity contribution in [3.8, 4) is 0 Å². The van der Waals surface area contributed by atoms with E-state index in [0.29, 0.717) is 0 Å². The van der Waals surface area contributed by atoms with Crippen LogP contribution < -0.4 is 0 Å². The molecule has 0 aromatic heterocycles. The minimum atomic E-state index is -0.0391. The van der Waals surface area contributed by atoms with E-state index in [0.717, 1.165) is 25.7 Å². The molecule has 0 bridgehead atoms. The van der Waals surface area contributed by atoms with Crippen molar-refractivity contribution in [2.45, 2.75) is 59.5 Å². The lowest BCUT2D eigenvalue weighted by atomic mass is 10.1. The van der Waals surface area contributed by atoms with Crippen LogP contribution in [0, 0.1) is 5.92 Å². The Morgan fingerprint density at radius 1 is 1.31 bits per heavy atom. The molecule has 0 heterocycles. The van der Waals surface area contributed by atoms with E-state index in [1.165, 1.54) is 0 Å². The van der Waals surface area contributed by atoms with Crippen molar-refractivity contribution in [1.82, 2.24) is 0 Å². The fraction of sp³-hybridized carbons (Fsp3) is 0.909. The van der Waals surface area contributed by atoms with E-state index in [1.54, 1.807) is 0 Å². The normalized spacial score (nSPS) is 15.1. The summed E-state index contributed by atoms with van der Waals surface area (Å²) < 4.78 is 5.22. The number of rotatable bonds is 6. The third-order valence-electron chi connectivity index (χ3n) is 2.29. The van der Waals surface area contributed by atoms with Gasteiger partial charge in [-0.15, -0.1) is 0 Å². The molecule has 0 saturated heterocycles. The van der Waals surface area contributed by atoms with Gasteiger partial charge in [-0.2, -0.15) is 0 Å². The Bertz CT molecular complexity index is 143. The van der Waals surface area contributed by atoms with Crippen LogP contribution >= 0.6 is 0 Å². The first kappa shape index (κ1) is 12.5. The molecule has 2 unspecified atom stereocenters. The maximum atomic E-state index is 11.4. The molecule has 2 heteroatoms. The lowest BCUT2D eigenvalue weighted by molar-refractivity contribution is -0.153. The fourth-order valence-corrected chi connectivity index (χ4v) is 1.03. The van der Waals surface area contributed by atoms with E-state index in [-0.39, 0.29) is 18.0 Å². The fourth-order valence-electron chi connectivity index (χ4n) is 1.03. The standard InChI is InChI=1S/C11H22O2/c1-5-7-8-9(3)11(12)13-10(4)6-2/h9-10H,5-8H2,1-4H3. The quantitative estimate of drug-likeness (QED) is 0.596. The highest BCUT2D eigenvalue weighted by Gasteiger charge is 2.15. The summed E-state index contributed by atoms with van der Waals surface area (Å²) >= 11 is 0. The molecule has 0 aliphatic heterocycles. The summed E-state index contributed by atoms with van der Waals surface area (Å²) in [5, 5.41) is 0. The second-order valence-electron chi connectivity index (χ2n) is 3.70. The van der Waals surface area contributed by atoms with E-state index in [1.807, 2.05) is 20.8 Å². The molecule has 0 rings (SSSR count). The van der Waals surface area contributed by atoms with Crippen LogP contribution in [0.4, 0.5) is 0 Å². The first-order chi connectivity index (χ1) is 6.11. The van der Waals surface area contributed by atoms with Crippen molar-refractivity contribution in [2.75, 3.05) is 0 Å². The summed E-state index contributed by atoms with van der Waals surface area (Å²) in [6, 6.07) is 0. The molecule has 0 N–H and O–H groups in total. The zero-order valence-corrected chi connectivity index (χ0v) is 9.30. The average molecular weight is 186 g/mol. The van der Waals surface area contributed by atoms with Gasteiger partial charge in [-0.25, -0.2) is 0 Å². The van der Waals surface area contributed by atoms with E-state index >= 15 is 0 Å². The van der Waals surface area contributed by atoms with Gasteiger partial charge in [0.25, 0.3) is 0 Å². The van der Waals surface area contributed by atoms with Gasteiger partial charge in [0.15, 0.2) is 0 Å². The van der Waals surface area contributed by atoms with Crippen LogP contribution in [0.25, 0.3) is 0 Å². The number of hydrogen-bond acceptors (Lipinski definition) is 2. The Hall–Kier alpha value is -0.530. The second kappa shape index (κ2) is 6.93. The van der Waals surface area contributed by atoms with Gasteiger partial charge in [-0.05, 0) is 19.8 Å². The zero-order chi connectivity index (χ0) is 10.3. The number of unbranched alkanes of at least 4 members (excludes halogenated alkanes) is 1. The van der Waals surface area contributed by atoms with Crippen LogP contribution in [0.15, 0.2) is 0 Å². The van der Waals surface area contributed by atoms with Crippen molar-refractivity contribution >= 4 is 5.97 Å². The molecule has 78 valence electrons. The Kier molecular flexibility index (Phi) is 6.65. The first-order valence-corrected chi connectivity index (χ1v) is 5.32. The van der Waals surface area contributed by atoms with Gasteiger partial charge < -0.3 is 4.74 Å². The SMILES string of the molecule is CCCCC(C)C(=O)OC(C)CC. The minimum absolute atomic E-state index is 0.0391. The Balaban J connectivity index is 3.68. The molecule has 13 heavy (non-hydrogen) atoms. The van der Waals surface area contributed by atoms with Crippen LogP contribution in [-0.2, 0) is 9.53 Å². The average Bonchev–Trinajstić information content (AvgIpc) is 2.13. The van der Waals surface area contributed by atoms with E-state index in [4.69, 9.17) is 4.74 Å². The largest absolute Gasteiger partial charge is 0.462 e. The van der Waals surface area contributed by atoms with Crippen LogP contribution in [0.1, 0.15) is 53.4 Å². The van der Waals surface area contributed by atoms with Gasteiger partial charge in [-0.1, -0.05) is 33.6 Å². The Morgan fingerprint density at radius 2 is 1.92 bits per heavy atom. The summed E-state index contributed by atoms with van der Waals surface area (Å²) in [5.74, 6) is 0.0248. The number of ether oxygens (including phenoxy) is 1. The molecule has 2 atom stereocenters. The summed E-state index contributed by atoms with van der Waals surface area (Å²) in [7, 11) is 0. The van der Waals surface area contributed by atoms with E-state index in [2.05, 4.69) is 6.92 Å². The smallest absolute Gasteiger partial charge is 0.308 e. The highest BCUT2D eigenvalue weighted by Crippen LogP contribution is 2.11. The van der Waals surface area contributed by atoms with Crippen molar-refractivity contribution in [2.24, 2.45) is 5.92 Å². The lowest BCUT2D eigenvalue weighted by Crippen LogP contribution is -2.20. The highest BCUT2D eigenvalue weighted by atomic mass is 16.5. The number of hydrogen-bond donors (Lipinski definition) is 0. The molecule has 2 nitrogen and oxygen atoms in total. The molecule has 0 radical (unpaired) electrons. The topological polar surface area (TPSA) is 26.3 Å². The van der Waals surface area contributed by atoms with Crippen LogP contribution in [0.5, 0.6) is 0 Å².